The summed E-state index contributed by atoms with van der Waals surface area (Å²) in [5.41, 5.74) is 5.09. The fourth-order valence-corrected chi connectivity index (χ4v) is 2.30. The number of ether oxygens (including phenoxy) is 1. The third-order valence-corrected chi connectivity index (χ3v) is 3.80. The number of rotatable bonds is 6. The maximum atomic E-state index is 11.8. The average Bonchev–Trinajstić information content (AvgIpc) is 2.58. The van der Waals surface area contributed by atoms with Gasteiger partial charge in [-0.05, 0) is 48.9 Å². The Balaban J connectivity index is 1.64. The lowest BCUT2D eigenvalue weighted by Gasteiger charge is -2.08. The van der Waals surface area contributed by atoms with Crippen LogP contribution in [0.1, 0.15) is 23.2 Å². The monoisotopic (exact) mass is 410 g/mol. The molecule has 2 amide bonds. The molecule has 0 bridgehead atoms. The number of nitrogens with one attached hydrogen (secondary N) is 2. The highest BCUT2D eigenvalue weighted by molar-refractivity contribution is 9.10. The Morgan fingerprint density at radius 1 is 1.08 bits per heavy atom. The summed E-state index contributed by atoms with van der Waals surface area (Å²) >= 11 is 9.16. The number of carbonyl (C=O) groups is 2. The zero-order valence-corrected chi connectivity index (χ0v) is 15.1. The lowest BCUT2D eigenvalue weighted by molar-refractivity contribution is -0.122. The van der Waals surface area contributed by atoms with E-state index in [1.807, 2.05) is 24.3 Å². The molecule has 0 heterocycles. The molecular weight excluding hydrogens is 396 g/mol. The number of halogens is 2. The van der Waals surface area contributed by atoms with Crippen LogP contribution in [0.5, 0.6) is 5.75 Å². The smallest absolute Gasteiger partial charge is 0.269 e. The Hall–Kier alpha value is -2.05. The lowest BCUT2D eigenvalue weighted by Crippen LogP contribution is -2.41. The van der Waals surface area contributed by atoms with Gasteiger partial charge in [0.1, 0.15) is 5.75 Å². The Morgan fingerprint density at radius 3 is 2.54 bits per heavy atom. The first-order chi connectivity index (χ1) is 11.5. The van der Waals surface area contributed by atoms with Gasteiger partial charge in [-0.2, -0.15) is 0 Å². The van der Waals surface area contributed by atoms with E-state index in [1.54, 1.807) is 18.2 Å². The van der Waals surface area contributed by atoms with Crippen LogP contribution in [0.15, 0.2) is 53.0 Å². The zero-order chi connectivity index (χ0) is 17.4. The number of hydrogen-bond donors (Lipinski definition) is 2. The number of carbonyl (C=O) groups excluding carboxylic acids is 2. The van der Waals surface area contributed by atoms with Crippen molar-refractivity contribution in [1.82, 2.24) is 10.9 Å². The number of hydrazine groups is 1. The molecule has 126 valence electrons. The van der Waals surface area contributed by atoms with E-state index in [0.717, 1.165) is 10.2 Å². The molecule has 7 heteroatoms. The molecule has 0 unspecified atom stereocenters. The molecule has 0 saturated heterocycles. The van der Waals surface area contributed by atoms with Crippen molar-refractivity contribution in [3.8, 4) is 5.75 Å². The van der Waals surface area contributed by atoms with E-state index >= 15 is 0 Å². The first-order valence-corrected chi connectivity index (χ1v) is 8.45. The Kier molecular flexibility index (Phi) is 7.08. The van der Waals surface area contributed by atoms with E-state index < -0.39 is 5.91 Å². The third-order valence-electron chi connectivity index (χ3n) is 3.03. The second-order valence-corrected chi connectivity index (χ2v) is 6.27. The zero-order valence-electron chi connectivity index (χ0n) is 12.7. The minimum atomic E-state index is -0.419. The van der Waals surface area contributed by atoms with Gasteiger partial charge in [-0.25, -0.2) is 0 Å². The summed E-state index contributed by atoms with van der Waals surface area (Å²) in [4.78, 5) is 23.5. The minimum Gasteiger partial charge on any atom is -0.494 e. The highest BCUT2D eigenvalue weighted by atomic mass is 79.9. The molecule has 2 N–H and O–H groups in total. The van der Waals surface area contributed by atoms with Crippen LogP contribution in [0.25, 0.3) is 0 Å². The molecule has 2 aromatic rings. The van der Waals surface area contributed by atoms with Gasteiger partial charge in [0.15, 0.2) is 0 Å². The predicted molar refractivity (Wildman–Crippen MR) is 95.9 cm³/mol. The molecule has 0 fully saturated rings. The van der Waals surface area contributed by atoms with E-state index in [0.29, 0.717) is 23.6 Å². The van der Waals surface area contributed by atoms with Crippen molar-refractivity contribution < 1.29 is 14.3 Å². The van der Waals surface area contributed by atoms with Crippen molar-refractivity contribution in [3.63, 3.8) is 0 Å². The summed E-state index contributed by atoms with van der Waals surface area (Å²) in [5.74, 6) is 0.0367. The van der Waals surface area contributed by atoms with E-state index in [-0.39, 0.29) is 12.3 Å². The van der Waals surface area contributed by atoms with Crippen LogP contribution < -0.4 is 15.6 Å². The number of benzene rings is 2. The molecule has 0 atom stereocenters. The third kappa shape index (κ3) is 6.22. The van der Waals surface area contributed by atoms with Crippen LogP contribution in [0.3, 0.4) is 0 Å². The molecule has 0 aliphatic carbocycles. The number of amides is 2. The Bertz CT molecular complexity index is 707. The highest BCUT2D eigenvalue weighted by Crippen LogP contribution is 2.16. The van der Waals surface area contributed by atoms with Gasteiger partial charge >= 0.3 is 0 Å². The molecule has 0 aliphatic heterocycles. The Labute approximate surface area is 153 Å². The summed E-state index contributed by atoms with van der Waals surface area (Å²) < 4.78 is 6.49. The van der Waals surface area contributed by atoms with Crippen molar-refractivity contribution in [2.45, 2.75) is 12.8 Å². The second-order valence-electron chi connectivity index (χ2n) is 4.92. The van der Waals surface area contributed by atoms with Crippen LogP contribution in [-0.2, 0) is 4.79 Å². The van der Waals surface area contributed by atoms with Gasteiger partial charge in [-0.15, -0.1) is 0 Å². The number of hydrogen-bond acceptors (Lipinski definition) is 3. The maximum absolute atomic E-state index is 11.8. The molecule has 2 rings (SSSR count). The van der Waals surface area contributed by atoms with Gasteiger partial charge in [-0.1, -0.05) is 33.6 Å². The van der Waals surface area contributed by atoms with Crippen molar-refractivity contribution in [2.24, 2.45) is 0 Å². The SMILES string of the molecule is O=C(CCCOc1ccc(Br)cc1)NNC(=O)c1cccc(Cl)c1. The largest absolute Gasteiger partial charge is 0.494 e. The van der Waals surface area contributed by atoms with Gasteiger partial charge < -0.3 is 4.74 Å². The maximum Gasteiger partial charge on any atom is 0.269 e. The molecule has 0 radical (unpaired) electrons. The van der Waals surface area contributed by atoms with Crippen molar-refractivity contribution in [1.29, 1.82) is 0 Å². The summed E-state index contributed by atoms with van der Waals surface area (Å²) in [6.45, 7) is 0.414. The molecule has 5 nitrogen and oxygen atoms in total. The van der Waals surface area contributed by atoms with Crippen molar-refractivity contribution in [2.75, 3.05) is 6.61 Å². The Morgan fingerprint density at radius 2 is 1.83 bits per heavy atom. The normalized spacial score (nSPS) is 10.1. The summed E-state index contributed by atoms with van der Waals surface area (Å²) in [6.07, 6.45) is 0.779. The average molecular weight is 412 g/mol. The van der Waals surface area contributed by atoms with Gasteiger partial charge in [-0.3, -0.25) is 20.4 Å². The van der Waals surface area contributed by atoms with E-state index in [2.05, 4.69) is 26.8 Å². The highest BCUT2D eigenvalue weighted by Gasteiger charge is 2.07. The van der Waals surface area contributed by atoms with E-state index in [9.17, 15) is 9.59 Å². The molecule has 0 spiro atoms. The van der Waals surface area contributed by atoms with Gasteiger partial charge in [0.05, 0.1) is 6.61 Å². The summed E-state index contributed by atoms with van der Waals surface area (Å²) in [6, 6.07) is 13.9. The lowest BCUT2D eigenvalue weighted by atomic mass is 10.2. The van der Waals surface area contributed by atoms with E-state index in [4.69, 9.17) is 16.3 Å². The van der Waals surface area contributed by atoms with Crippen molar-refractivity contribution >= 4 is 39.3 Å². The van der Waals surface area contributed by atoms with Crippen LogP contribution in [0, 0.1) is 0 Å². The molecule has 24 heavy (non-hydrogen) atoms. The van der Waals surface area contributed by atoms with Crippen LogP contribution in [0.2, 0.25) is 5.02 Å². The second kappa shape index (κ2) is 9.30. The topological polar surface area (TPSA) is 67.4 Å². The fraction of sp³-hybridized carbons (Fsp3) is 0.176. The van der Waals surface area contributed by atoms with Crippen LogP contribution in [-0.4, -0.2) is 18.4 Å². The molecular formula is C17H16BrClN2O3. The van der Waals surface area contributed by atoms with E-state index in [1.165, 1.54) is 6.07 Å². The van der Waals surface area contributed by atoms with Crippen molar-refractivity contribution in [3.05, 3.63) is 63.6 Å². The fourth-order valence-electron chi connectivity index (χ4n) is 1.84. The van der Waals surface area contributed by atoms with Gasteiger partial charge in [0.25, 0.3) is 5.91 Å². The van der Waals surface area contributed by atoms with Crippen LogP contribution in [0.4, 0.5) is 0 Å². The molecule has 2 aromatic carbocycles. The first-order valence-electron chi connectivity index (χ1n) is 7.28. The minimum absolute atomic E-state index is 0.242. The van der Waals surface area contributed by atoms with Crippen LogP contribution >= 0.6 is 27.5 Å². The molecule has 0 aromatic heterocycles. The molecule has 0 saturated carbocycles. The summed E-state index contributed by atoms with van der Waals surface area (Å²) in [7, 11) is 0. The van der Waals surface area contributed by atoms with Gasteiger partial charge in [0, 0.05) is 21.5 Å². The van der Waals surface area contributed by atoms with Gasteiger partial charge in [0.2, 0.25) is 5.91 Å². The first kappa shape index (κ1) is 18.3. The quantitative estimate of drug-likeness (QED) is 0.562. The summed E-state index contributed by atoms with van der Waals surface area (Å²) in [5, 5.41) is 0.457. The molecule has 0 aliphatic rings. The predicted octanol–water partition coefficient (Wildman–Crippen LogP) is 3.72. The standard InChI is InChI=1S/C17H16BrClN2O3/c18-13-6-8-15(9-7-13)24-10-2-5-16(22)20-21-17(23)12-3-1-4-14(19)11-12/h1,3-4,6-9,11H,2,5,10H2,(H,20,22)(H,21,23).